The lowest BCUT2D eigenvalue weighted by Crippen LogP contribution is -2.24. The molecule has 0 saturated carbocycles. The number of carbonyl (C=O) groups excluding carboxylic acids is 1. The number of amides is 1. The number of aliphatic hydroxyl groups excluding tert-OH is 1. The molecule has 21 heavy (non-hydrogen) atoms. The zero-order valence-electron chi connectivity index (χ0n) is 11.2. The zero-order chi connectivity index (χ0) is 15.1. The van der Waals surface area contributed by atoms with Crippen LogP contribution in [-0.4, -0.2) is 27.6 Å². The van der Waals surface area contributed by atoms with Crippen LogP contribution >= 0.6 is 0 Å². The van der Waals surface area contributed by atoms with Crippen LogP contribution in [0, 0.1) is 17.7 Å². The molecular weight excluding hydrogens is 273 g/mol. The average Bonchev–Trinajstić information content (AvgIpc) is 2.98. The van der Waals surface area contributed by atoms with Gasteiger partial charge in [0.15, 0.2) is 0 Å². The van der Waals surface area contributed by atoms with Crippen molar-refractivity contribution in [3.63, 3.8) is 0 Å². The highest BCUT2D eigenvalue weighted by molar-refractivity contribution is 5.96. The summed E-state index contributed by atoms with van der Waals surface area (Å²) in [4.78, 5) is 18.8. The minimum atomic E-state index is -0.464. The molecular formula is C15H14FN3O2. The van der Waals surface area contributed by atoms with E-state index in [2.05, 4.69) is 27.1 Å². The summed E-state index contributed by atoms with van der Waals surface area (Å²) in [6.45, 7) is 0.212. The topological polar surface area (TPSA) is 78.0 Å². The lowest BCUT2D eigenvalue weighted by Gasteiger charge is -2.06. The monoisotopic (exact) mass is 287 g/mol. The van der Waals surface area contributed by atoms with Gasteiger partial charge in [-0.1, -0.05) is 11.8 Å². The maximum Gasteiger partial charge on any atom is 0.252 e. The fourth-order valence-electron chi connectivity index (χ4n) is 1.68. The largest absolute Gasteiger partial charge is 0.395 e. The average molecular weight is 287 g/mol. The lowest BCUT2D eigenvalue weighted by atomic mass is 10.1. The predicted octanol–water partition coefficient (Wildman–Crippen LogP) is 1.21. The maximum absolute atomic E-state index is 13.3. The molecule has 1 heterocycles. The third kappa shape index (κ3) is 4.16. The van der Waals surface area contributed by atoms with E-state index in [9.17, 15) is 9.18 Å². The summed E-state index contributed by atoms with van der Waals surface area (Å²) in [5.74, 6) is 4.57. The highest BCUT2D eigenvalue weighted by Crippen LogP contribution is 2.11. The SMILES string of the molecule is O=C(NCc1cnc[nH]1)c1ccc(F)cc1C#CCCO. The molecule has 0 aliphatic heterocycles. The highest BCUT2D eigenvalue weighted by Gasteiger charge is 2.11. The van der Waals surface area contributed by atoms with Crippen LogP contribution in [0.5, 0.6) is 0 Å². The number of rotatable bonds is 4. The van der Waals surface area contributed by atoms with Crippen molar-refractivity contribution in [2.75, 3.05) is 6.61 Å². The molecule has 0 bridgehead atoms. The third-order valence-corrected chi connectivity index (χ3v) is 2.68. The molecule has 2 aromatic rings. The summed E-state index contributed by atoms with van der Waals surface area (Å²) >= 11 is 0. The number of nitrogens with zero attached hydrogens (tertiary/aromatic N) is 1. The molecule has 0 aliphatic carbocycles. The molecule has 1 aromatic carbocycles. The predicted molar refractivity (Wildman–Crippen MR) is 74.7 cm³/mol. The van der Waals surface area contributed by atoms with Crippen molar-refractivity contribution in [3.05, 3.63) is 53.4 Å². The van der Waals surface area contributed by atoms with Crippen LogP contribution in [-0.2, 0) is 6.54 Å². The number of nitrogens with one attached hydrogen (secondary N) is 2. The minimum absolute atomic E-state index is 0.0797. The van der Waals surface area contributed by atoms with Crippen LogP contribution in [0.25, 0.3) is 0 Å². The quantitative estimate of drug-likeness (QED) is 0.740. The molecule has 0 radical (unpaired) electrons. The fourth-order valence-corrected chi connectivity index (χ4v) is 1.68. The third-order valence-electron chi connectivity index (χ3n) is 2.68. The van der Waals surface area contributed by atoms with Gasteiger partial charge in [0.05, 0.1) is 30.7 Å². The first-order chi connectivity index (χ1) is 10.2. The van der Waals surface area contributed by atoms with Gasteiger partial charge >= 0.3 is 0 Å². The standard InChI is InChI=1S/C15H14FN3O2/c16-12-4-5-14(11(7-12)3-1-2-6-20)15(21)18-9-13-8-17-10-19-13/h4-5,7-8,10,20H,2,6,9H2,(H,17,19)(H,18,21). The van der Waals surface area contributed by atoms with Gasteiger partial charge in [0, 0.05) is 18.2 Å². The van der Waals surface area contributed by atoms with E-state index in [0.717, 1.165) is 5.69 Å². The molecule has 1 amide bonds. The lowest BCUT2D eigenvalue weighted by molar-refractivity contribution is 0.0950. The smallest absolute Gasteiger partial charge is 0.252 e. The Morgan fingerprint density at radius 3 is 3.05 bits per heavy atom. The number of H-pyrrole nitrogens is 1. The van der Waals surface area contributed by atoms with Gasteiger partial charge < -0.3 is 15.4 Å². The number of halogens is 1. The first kappa shape index (κ1) is 14.8. The van der Waals surface area contributed by atoms with Crippen molar-refractivity contribution < 1.29 is 14.3 Å². The van der Waals surface area contributed by atoms with Gasteiger partial charge in [0.1, 0.15) is 5.82 Å². The second-order valence-corrected chi connectivity index (χ2v) is 4.22. The fraction of sp³-hybridized carbons (Fsp3) is 0.200. The van der Waals surface area contributed by atoms with E-state index >= 15 is 0 Å². The highest BCUT2D eigenvalue weighted by atomic mass is 19.1. The molecule has 0 atom stereocenters. The Hall–Kier alpha value is -2.65. The second kappa shape index (κ2) is 7.22. The summed E-state index contributed by atoms with van der Waals surface area (Å²) in [5, 5.41) is 11.4. The van der Waals surface area contributed by atoms with Gasteiger partial charge in [-0.15, -0.1) is 0 Å². The van der Waals surface area contributed by atoms with Gasteiger partial charge in [-0.25, -0.2) is 9.37 Å². The van der Waals surface area contributed by atoms with E-state index in [0.29, 0.717) is 17.7 Å². The van der Waals surface area contributed by atoms with Crippen molar-refractivity contribution in [2.24, 2.45) is 0 Å². The first-order valence-electron chi connectivity index (χ1n) is 6.35. The molecule has 6 heteroatoms. The number of aliphatic hydroxyl groups is 1. The van der Waals surface area contributed by atoms with Gasteiger partial charge in [-0.2, -0.15) is 0 Å². The molecule has 5 nitrogen and oxygen atoms in total. The van der Waals surface area contributed by atoms with Crippen LogP contribution in [0.15, 0.2) is 30.7 Å². The van der Waals surface area contributed by atoms with E-state index < -0.39 is 5.82 Å². The maximum atomic E-state index is 13.3. The Morgan fingerprint density at radius 2 is 2.33 bits per heavy atom. The van der Waals surface area contributed by atoms with Crippen molar-refractivity contribution >= 4 is 5.91 Å². The summed E-state index contributed by atoms with van der Waals surface area (Å²) in [6.07, 6.45) is 3.39. The van der Waals surface area contributed by atoms with Gasteiger partial charge in [-0.05, 0) is 18.2 Å². The molecule has 0 unspecified atom stereocenters. The number of hydrogen-bond donors (Lipinski definition) is 3. The van der Waals surface area contributed by atoms with E-state index in [-0.39, 0.29) is 18.9 Å². The van der Waals surface area contributed by atoms with Crippen LogP contribution in [0.4, 0.5) is 4.39 Å². The molecule has 0 spiro atoms. The Labute approximate surface area is 121 Å². The summed E-state index contributed by atoms with van der Waals surface area (Å²) < 4.78 is 13.3. The number of benzene rings is 1. The van der Waals surface area contributed by atoms with E-state index in [1.165, 1.54) is 24.5 Å². The molecule has 108 valence electrons. The summed E-state index contributed by atoms with van der Waals surface area (Å²) in [5.41, 5.74) is 1.35. The molecule has 2 rings (SSSR count). The van der Waals surface area contributed by atoms with Crippen LogP contribution in [0.1, 0.15) is 28.0 Å². The van der Waals surface area contributed by atoms with Gasteiger partial charge in [0.2, 0.25) is 0 Å². The van der Waals surface area contributed by atoms with Crippen molar-refractivity contribution in [3.8, 4) is 11.8 Å². The minimum Gasteiger partial charge on any atom is -0.395 e. The van der Waals surface area contributed by atoms with Crippen LogP contribution in [0.3, 0.4) is 0 Å². The van der Waals surface area contributed by atoms with Gasteiger partial charge in [-0.3, -0.25) is 4.79 Å². The van der Waals surface area contributed by atoms with E-state index in [1.54, 1.807) is 6.20 Å². The number of carbonyl (C=O) groups is 1. The molecule has 0 saturated heterocycles. The van der Waals surface area contributed by atoms with Crippen molar-refractivity contribution in [2.45, 2.75) is 13.0 Å². The van der Waals surface area contributed by atoms with Gasteiger partial charge in [0.25, 0.3) is 5.91 Å². The number of imidazole rings is 1. The Balaban J connectivity index is 2.14. The molecule has 0 fully saturated rings. The number of aromatic amines is 1. The Morgan fingerprint density at radius 1 is 1.48 bits per heavy atom. The summed E-state index contributed by atoms with van der Waals surface area (Å²) in [7, 11) is 0. The number of aromatic nitrogens is 2. The first-order valence-corrected chi connectivity index (χ1v) is 6.35. The van der Waals surface area contributed by atoms with Crippen molar-refractivity contribution in [1.29, 1.82) is 0 Å². The zero-order valence-corrected chi connectivity index (χ0v) is 11.2. The normalized spacial score (nSPS) is 9.81. The second-order valence-electron chi connectivity index (χ2n) is 4.22. The van der Waals surface area contributed by atoms with E-state index in [1.807, 2.05) is 0 Å². The van der Waals surface area contributed by atoms with Crippen LogP contribution < -0.4 is 5.32 Å². The van der Waals surface area contributed by atoms with E-state index in [4.69, 9.17) is 5.11 Å². The Bertz CT molecular complexity index is 672. The Kier molecular flexibility index (Phi) is 5.07. The molecule has 1 aromatic heterocycles. The summed E-state index contributed by atoms with van der Waals surface area (Å²) in [6, 6.07) is 3.80. The molecule has 3 N–H and O–H groups in total. The van der Waals surface area contributed by atoms with Crippen LogP contribution in [0.2, 0.25) is 0 Å². The molecule has 0 aliphatic rings. The number of hydrogen-bond acceptors (Lipinski definition) is 3. The van der Waals surface area contributed by atoms with Crippen molar-refractivity contribution in [1.82, 2.24) is 15.3 Å².